The summed E-state index contributed by atoms with van der Waals surface area (Å²) in [6.45, 7) is 6.44. The highest BCUT2D eigenvalue weighted by Gasteiger charge is 2.26. The smallest absolute Gasteiger partial charge is 0.407 e. The number of fused-ring (bicyclic) bond motifs is 1. The van der Waals surface area contributed by atoms with Crippen molar-refractivity contribution >= 4 is 21.6 Å². The second-order valence-electron chi connectivity index (χ2n) is 7.73. The molecular formula is C18H27FN2O4S. The summed E-state index contributed by atoms with van der Waals surface area (Å²) in [4.78, 5) is 14.1. The first-order valence-corrected chi connectivity index (χ1v) is 10.7. The SMILES string of the molecule is CC(C)(C)OC(=O)N[C@@H](CCS(C)(=O)=O)CN1CCc2cc(F)ccc21. The van der Waals surface area contributed by atoms with Crippen LogP contribution >= 0.6 is 0 Å². The first-order valence-electron chi connectivity index (χ1n) is 8.63. The van der Waals surface area contributed by atoms with Crippen molar-refractivity contribution in [3.63, 3.8) is 0 Å². The number of hydrogen-bond acceptors (Lipinski definition) is 5. The molecule has 1 aliphatic heterocycles. The maximum absolute atomic E-state index is 13.4. The fraction of sp³-hybridized carbons (Fsp3) is 0.611. The summed E-state index contributed by atoms with van der Waals surface area (Å²) in [5.74, 6) is -0.302. The minimum absolute atomic E-state index is 0.0302. The monoisotopic (exact) mass is 386 g/mol. The van der Waals surface area contributed by atoms with Crippen LogP contribution in [-0.2, 0) is 21.0 Å². The molecule has 146 valence electrons. The van der Waals surface area contributed by atoms with Crippen LogP contribution in [0.4, 0.5) is 14.9 Å². The molecule has 0 saturated carbocycles. The van der Waals surface area contributed by atoms with Crippen molar-refractivity contribution in [1.82, 2.24) is 5.32 Å². The molecule has 8 heteroatoms. The molecule has 1 aromatic carbocycles. The van der Waals surface area contributed by atoms with Crippen LogP contribution in [0.15, 0.2) is 18.2 Å². The number of carbonyl (C=O) groups excluding carboxylic acids is 1. The summed E-state index contributed by atoms with van der Waals surface area (Å²) in [7, 11) is -3.15. The van der Waals surface area contributed by atoms with Crippen molar-refractivity contribution in [2.24, 2.45) is 0 Å². The van der Waals surface area contributed by atoms with Gasteiger partial charge in [0.05, 0.1) is 11.8 Å². The molecule has 0 unspecified atom stereocenters. The average molecular weight is 386 g/mol. The fourth-order valence-electron chi connectivity index (χ4n) is 2.93. The van der Waals surface area contributed by atoms with Crippen LogP contribution in [0.5, 0.6) is 0 Å². The summed E-state index contributed by atoms with van der Waals surface area (Å²) >= 11 is 0. The van der Waals surface area contributed by atoms with Crippen molar-refractivity contribution in [3.8, 4) is 0 Å². The third kappa shape index (κ3) is 6.48. The molecule has 2 rings (SSSR count). The number of halogens is 1. The molecule has 6 nitrogen and oxygen atoms in total. The van der Waals surface area contributed by atoms with Crippen LogP contribution in [0, 0.1) is 5.82 Å². The van der Waals surface area contributed by atoms with Gasteiger partial charge in [0.15, 0.2) is 0 Å². The number of ether oxygens (including phenoxy) is 1. The van der Waals surface area contributed by atoms with Crippen LogP contribution in [0.1, 0.15) is 32.8 Å². The first kappa shape index (κ1) is 20.5. The first-order chi connectivity index (χ1) is 11.9. The van der Waals surface area contributed by atoms with E-state index in [0.717, 1.165) is 17.7 Å². The van der Waals surface area contributed by atoms with E-state index < -0.39 is 27.6 Å². The van der Waals surface area contributed by atoms with E-state index in [1.807, 2.05) is 4.90 Å². The van der Waals surface area contributed by atoms with Crippen LogP contribution in [0.2, 0.25) is 0 Å². The lowest BCUT2D eigenvalue weighted by molar-refractivity contribution is 0.0504. The minimum Gasteiger partial charge on any atom is -0.444 e. The molecule has 0 fully saturated rings. The summed E-state index contributed by atoms with van der Waals surface area (Å²) in [6.07, 6.45) is 1.60. The molecule has 26 heavy (non-hydrogen) atoms. The number of carbonyl (C=O) groups is 1. The van der Waals surface area contributed by atoms with Crippen molar-refractivity contribution in [2.45, 2.75) is 45.3 Å². The number of rotatable bonds is 6. The highest BCUT2D eigenvalue weighted by Crippen LogP contribution is 2.28. The van der Waals surface area contributed by atoms with E-state index in [-0.39, 0.29) is 18.0 Å². The van der Waals surface area contributed by atoms with Crippen molar-refractivity contribution in [3.05, 3.63) is 29.6 Å². The van der Waals surface area contributed by atoms with Gasteiger partial charge in [0.1, 0.15) is 21.3 Å². The van der Waals surface area contributed by atoms with Gasteiger partial charge in [-0.25, -0.2) is 17.6 Å². The summed E-state index contributed by atoms with van der Waals surface area (Å²) in [5.41, 5.74) is 1.20. The van der Waals surface area contributed by atoms with E-state index in [4.69, 9.17) is 4.74 Å². The summed E-state index contributed by atoms with van der Waals surface area (Å²) in [6, 6.07) is 4.25. The molecule has 1 atom stereocenters. The Bertz CT molecular complexity index is 759. The van der Waals surface area contributed by atoms with Gasteiger partial charge in [-0.3, -0.25) is 0 Å². The Morgan fingerprint density at radius 2 is 2.08 bits per heavy atom. The lowest BCUT2D eigenvalue weighted by Gasteiger charge is -2.28. The molecular weight excluding hydrogens is 359 g/mol. The zero-order valence-corrected chi connectivity index (χ0v) is 16.5. The quantitative estimate of drug-likeness (QED) is 0.813. The van der Waals surface area contributed by atoms with Gasteiger partial charge in [-0.15, -0.1) is 0 Å². The van der Waals surface area contributed by atoms with Crippen LogP contribution in [0.3, 0.4) is 0 Å². The second kappa shape index (κ2) is 7.82. The molecule has 0 radical (unpaired) electrons. The standard InChI is InChI=1S/C18H27FN2O4S/c1-18(2,3)25-17(22)20-15(8-10-26(4,23)24)12-21-9-7-13-11-14(19)5-6-16(13)21/h5-6,11,15H,7-10,12H2,1-4H3,(H,20,22)/t15-/m0/s1. The maximum Gasteiger partial charge on any atom is 0.407 e. The van der Waals surface area contributed by atoms with Gasteiger partial charge in [0, 0.05) is 25.0 Å². The van der Waals surface area contributed by atoms with E-state index in [0.29, 0.717) is 13.1 Å². The van der Waals surface area contributed by atoms with E-state index in [2.05, 4.69) is 5.32 Å². The maximum atomic E-state index is 13.4. The number of hydrogen-bond donors (Lipinski definition) is 1. The van der Waals surface area contributed by atoms with Crippen LogP contribution in [-0.4, -0.2) is 51.3 Å². The molecule has 0 aromatic heterocycles. The normalized spacial score (nSPS) is 15.5. The molecule has 0 aliphatic carbocycles. The minimum atomic E-state index is -3.15. The highest BCUT2D eigenvalue weighted by molar-refractivity contribution is 7.90. The van der Waals surface area contributed by atoms with E-state index in [1.54, 1.807) is 26.8 Å². The van der Waals surface area contributed by atoms with Crippen molar-refractivity contribution < 1.29 is 22.3 Å². The van der Waals surface area contributed by atoms with Gasteiger partial charge in [-0.2, -0.15) is 0 Å². The second-order valence-corrected chi connectivity index (χ2v) is 9.99. The number of nitrogens with zero attached hydrogens (tertiary/aromatic N) is 1. The molecule has 0 spiro atoms. The van der Waals surface area contributed by atoms with Crippen molar-refractivity contribution in [2.75, 3.05) is 30.0 Å². The number of amides is 1. The zero-order chi connectivity index (χ0) is 19.5. The molecule has 1 heterocycles. The molecule has 0 bridgehead atoms. The third-order valence-corrected chi connectivity index (χ3v) is 5.01. The summed E-state index contributed by atoms with van der Waals surface area (Å²) < 4.78 is 41.7. The molecule has 1 amide bonds. The number of anilines is 1. The Kier molecular flexibility index (Phi) is 6.16. The predicted molar refractivity (Wildman–Crippen MR) is 99.8 cm³/mol. The molecule has 0 saturated heterocycles. The number of nitrogens with one attached hydrogen (secondary N) is 1. The topological polar surface area (TPSA) is 75.7 Å². The van der Waals surface area contributed by atoms with E-state index in [1.165, 1.54) is 18.4 Å². The Balaban J connectivity index is 2.08. The van der Waals surface area contributed by atoms with Gasteiger partial charge in [-0.05, 0) is 57.4 Å². The Morgan fingerprint density at radius 3 is 2.69 bits per heavy atom. The van der Waals surface area contributed by atoms with Gasteiger partial charge >= 0.3 is 6.09 Å². The van der Waals surface area contributed by atoms with Gasteiger partial charge < -0.3 is 15.0 Å². The third-order valence-electron chi connectivity index (χ3n) is 4.03. The number of sulfone groups is 1. The zero-order valence-electron chi connectivity index (χ0n) is 15.7. The van der Waals surface area contributed by atoms with Crippen LogP contribution in [0.25, 0.3) is 0 Å². The Hall–Kier alpha value is -1.83. The number of alkyl carbamates (subject to hydrolysis) is 1. The molecule has 1 aliphatic rings. The predicted octanol–water partition coefficient (Wildman–Crippen LogP) is 2.52. The average Bonchev–Trinajstić information content (AvgIpc) is 2.84. The highest BCUT2D eigenvalue weighted by atomic mass is 32.2. The Morgan fingerprint density at radius 1 is 1.38 bits per heavy atom. The van der Waals surface area contributed by atoms with E-state index in [9.17, 15) is 17.6 Å². The lowest BCUT2D eigenvalue weighted by Crippen LogP contribution is -2.46. The largest absolute Gasteiger partial charge is 0.444 e. The molecule has 1 aromatic rings. The fourth-order valence-corrected chi connectivity index (χ4v) is 3.65. The van der Waals surface area contributed by atoms with Crippen LogP contribution < -0.4 is 10.2 Å². The van der Waals surface area contributed by atoms with Gasteiger partial charge in [-0.1, -0.05) is 0 Å². The lowest BCUT2D eigenvalue weighted by atomic mass is 10.1. The Labute approximate surface area is 154 Å². The summed E-state index contributed by atoms with van der Waals surface area (Å²) in [5, 5.41) is 2.77. The molecule has 1 N–H and O–H groups in total. The van der Waals surface area contributed by atoms with E-state index >= 15 is 0 Å². The number of benzene rings is 1. The van der Waals surface area contributed by atoms with Gasteiger partial charge in [0.25, 0.3) is 0 Å². The van der Waals surface area contributed by atoms with Crippen molar-refractivity contribution in [1.29, 1.82) is 0 Å². The van der Waals surface area contributed by atoms with Gasteiger partial charge in [0.2, 0.25) is 0 Å².